The van der Waals surface area contributed by atoms with Crippen LogP contribution in [0.2, 0.25) is 5.15 Å². The summed E-state index contributed by atoms with van der Waals surface area (Å²) in [5.41, 5.74) is -0.558. The molecular weight excluding hydrogens is 425 g/mol. The first-order chi connectivity index (χ1) is 14.3. The van der Waals surface area contributed by atoms with Gasteiger partial charge in [0.1, 0.15) is 17.2 Å². The first-order valence-corrected chi connectivity index (χ1v) is 8.86. The predicted octanol–water partition coefficient (Wildman–Crippen LogP) is 4.94. The third kappa shape index (κ3) is 4.08. The average molecular weight is 437 g/mol. The highest BCUT2D eigenvalue weighted by atomic mass is 35.5. The molecule has 0 saturated carbocycles. The number of hydrogen-bond donors (Lipinski definition) is 1. The molecule has 0 spiro atoms. The molecule has 30 heavy (non-hydrogen) atoms. The number of hydrogen-bond acceptors (Lipinski definition) is 5. The summed E-state index contributed by atoms with van der Waals surface area (Å²) in [6, 6.07) is 11.5. The van der Waals surface area contributed by atoms with Crippen LogP contribution in [0.25, 0.3) is 0 Å². The summed E-state index contributed by atoms with van der Waals surface area (Å²) in [5.74, 6) is 0.395. The highest BCUT2D eigenvalue weighted by molar-refractivity contribution is 6.29. The SMILES string of the molecule is O=C(Nc1cccc(C(F)(F)F)c1)N1c2ccccc2OC1Oc1cc(Cl)ncn1. The fourth-order valence-corrected chi connectivity index (χ4v) is 2.89. The number of nitrogens with one attached hydrogen (secondary N) is 1. The zero-order chi connectivity index (χ0) is 21.3. The van der Waals surface area contributed by atoms with Crippen molar-refractivity contribution in [2.45, 2.75) is 12.6 Å². The molecule has 0 fully saturated rings. The molecule has 1 aliphatic heterocycles. The number of rotatable bonds is 3. The second kappa shape index (κ2) is 7.71. The van der Waals surface area contributed by atoms with E-state index in [-0.39, 0.29) is 16.7 Å². The van der Waals surface area contributed by atoms with Crippen LogP contribution in [-0.2, 0) is 6.18 Å². The molecule has 0 saturated heterocycles. The Morgan fingerprint density at radius 3 is 2.70 bits per heavy atom. The van der Waals surface area contributed by atoms with E-state index < -0.39 is 24.2 Å². The van der Waals surface area contributed by atoms with Crippen LogP contribution in [0.4, 0.5) is 29.3 Å². The Bertz CT molecular complexity index is 1100. The van der Waals surface area contributed by atoms with Crippen molar-refractivity contribution in [3.05, 3.63) is 71.6 Å². The Balaban J connectivity index is 1.61. The summed E-state index contributed by atoms with van der Waals surface area (Å²) in [7, 11) is 0. The lowest BCUT2D eigenvalue weighted by Gasteiger charge is -2.23. The van der Waals surface area contributed by atoms with Crippen LogP contribution < -0.4 is 19.7 Å². The molecule has 2 aromatic carbocycles. The number of fused-ring (bicyclic) bond motifs is 1. The molecule has 0 radical (unpaired) electrons. The average Bonchev–Trinajstić information content (AvgIpc) is 3.05. The van der Waals surface area contributed by atoms with Gasteiger partial charge in [0.25, 0.3) is 0 Å². The molecule has 1 atom stereocenters. The van der Waals surface area contributed by atoms with E-state index in [0.717, 1.165) is 17.0 Å². The number of anilines is 2. The van der Waals surface area contributed by atoms with E-state index in [0.29, 0.717) is 11.4 Å². The fourth-order valence-electron chi connectivity index (χ4n) is 2.75. The third-order valence-electron chi connectivity index (χ3n) is 4.05. The van der Waals surface area contributed by atoms with Gasteiger partial charge in [-0.2, -0.15) is 13.2 Å². The number of nitrogens with zero attached hydrogens (tertiary/aromatic N) is 3. The summed E-state index contributed by atoms with van der Waals surface area (Å²) in [5, 5.41) is 2.55. The molecule has 3 aromatic rings. The van der Waals surface area contributed by atoms with E-state index in [4.69, 9.17) is 21.1 Å². The summed E-state index contributed by atoms with van der Waals surface area (Å²) < 4.78 is 50.1. The molecule has 2 amide bonds. The number of benzene rings is 2. The summed E-state index contributed by atoms with van der Waals surface area (Å²) in [4.78, 5) is 21.7. The normalized spacial score (nSPS) is 15.3. The molecule has 1 unspecified atom stereocenters. The first-order valence-electron chi connectivity index (χ1n) is 8.48. The minimum absolute atomic E-state index is 0.0389. The molecule has 2 heterocycles. The number of aromatic nitrogens is 2. The molecule has 1 aliphatic rings. The van der Waals surface area contributed by atoms with Gasteiger partial charge >= 0.3 is 18.6 Å². The van der Waals surface area contributed by atoms with Crippen molar-refractivity contribution < 1.29 is 27.4 Å². The zero-order valence-electron chi connectivity index (χ0n) is 14.9. The summed E-state index contributed by atoms with van der Waals surface area (Å²) >= 11 is 5.82. The van der Waals surface area contributed by atoms with Gasteiger partial charge in [0.05, 0.1) is 11.3 Å². The topological polar surface area (TPSA) is 76.6 Å². The number of carbonyl (C=O) groups excluding carboxylic acids is 1. The van der Waals surface area contributed by atoms with E-state index in [1.165, 1.54) is 24.5 Å². The zero-order valence-corrected chi connectivity index (χ0v) is 15.7. The van der Waals surface area contributed by atoms with Gasteiger partial charge in [-0.05, 0) is 30.3 Å². The number of alkyl halides is 3. The van der Waals surface area contributed by atoms with Crippen molar-refractivity contribution in [3.8, 4) is 11.6 Å². The van der Waals surface area contributed by atoms with Crippen molar-refractivity contribution in [3.63, 3.8) is 0 Å². The van der Waals surface area contributed by atoms with Gasteiger partial charge < -0.3 is 14.8 Å². The quantitative estimate of drug-likeness (QED) is 0.588. The maximum Gasteiger partial charge on any atom is 0.416 e. The second-order valence-corrected chi connectivity index (χ2v) is 6.46. The van der Waals surface area contributed by atoms with Gasteiger partial charge in [-0.15, -0.1) is 0 Å². The van der Waals surface area contributed by atoms with Crippen LogP contribution in [0.1, 0.15) is 5.56 Å². The molecule has 4 rings (SSSR count). The first kappa shape index (κ1) is 19.8. The van der Waals surface area contributed by atoms with Crippen molar-refractivity contribution in [1.82, 2.24) is 9.97 Å². The molecule has 7 nitrogen and oxygen atoms in total. The van der Waals surface area contributed by atoms with Crippen molar-refractivity contribution in [1.29, 1.82) is 0 Å². The Kier molecular flexibility index (Phi) is 5.08. The Hall–Kier alpha value is -3.53. The molecule has 1 aromatic heterocycles. The van der Waals surface area contributed by atoms with Gasteiger partial charge in [-0.1, -0.05) is 29.8 Å². The maximum atomic E-state index is 13.0. The van der Waals surface area contributed by atoms with Crippen molar-refractivity contribution >= 4 is 29.0 Å². The van der Waals surface area contributed by atoms with Crippen LogP contribution in [0.3, 0.4) is 0 Å². The number of para-hydroxylation sites is 2. The molecule has 11 heteroatoms. The van der Waals surface area contributed by atoms with E-state index >= 15 is 0 Å². The molecular formula is C19H12ClF3N4O3. The molecule has 0 aliphatic carbocycles. The van der Waals surface area contributed by atoms with Gasteiger partial charge in [0, 0.05) is 11.8 Å². The van der Waals surface area contributed by atoms with Crippen LogP contribution in [0.5, 0.6) is 11.6 Å². The predicted molar refractivity (Wildman–Crippen MR) is 101 cm³/mol. The second-order valence-electron chi connectivity index (χ2n) is 6.07. The maximum absolute atomic E-state index is 13.0. The largest absolute Gasteiger partial charge is 0.435 e. The number of urea groups is 1. The lowest BCUT2D eigenvalue weighted by Crippen LogP contribution is -2.46. The van der Waals surface area contributed by atoms with E-state index in [9.17, 15) is 18.0 Å². The Morgan fingerprint density at radius 1 is 1.13 bits per heavy atom. The van der Waals surface area contributed by atoms with Gasteiger partial charge in [0.2, 0.25) is 5.88 Å². The van der Waals surface area contributed by atoms with E-state index in [1.54, 1.807) is 24.3 Å². The lowest BCUT2D eigenvalue weighted by molar-refractivity contribution is -0.137. The van der Waals surface area contributed by atoms with Gasteiger partial charge in [-0.3, -0.25) is 0 Å². The van der Waals surface area contributed by atoms with Gasteiger partial charge in [-0.25, -0.2) is 19.7 Å². The van der Waals surface area contributed by atoms with Crippen LogP contribution in [-0.4, -0.2) is 22.4 Å². The Labute approximate surface area is 173 Å². The summed E-state index contributed by atoms with van der Waals surface area (Å²) in [6.45, 7) is 0. The monoisotopic (exact) mass is 436 g/mol. The third-order valence-corrected chi connectivity index (χ3v) is 4.26. The highest BCUT2D eigenvalue weighted by Gasteiger charge is 2.38. The standard InChI is InChI=1S/C19H12ClF3N4O3/c20-15-9-16(25-10-24-15)30-18-27(13-6-1-2-7-14(13)29-18)17(28)26-12-5-3-4-11(8-12)19(21,22)23/h1-10,18H,(H,26,28). The van der Waals surface area contributed by atoms with E-state index in [1.807, 2.05) is 0 Å². The Morgan fingerprint density at radius 2 is 1.93 bits per heavy atom. The number of carbonyl (C=O) groups is 1. The van der Waals surface area contributed by atoms with E-state index in [2.05, 4.69) is 15.3 Å². The van der Waals surface area contributed by atoms with Crippen LogP contribution in [0, 0.1) is 0 Å². The number of ether oxygens (including phenoxy) is 2. The van der Waals surface area contributed by atoms with Gasteiger partial charge in [0.15, 0.2) is 0 Å². The van der Waals surface area contributed by atoms with Crippen LogP contribution in [0.15, 0.2) is 60.9 Å². The fraction of sp³-hybridized carbons (Fsp3) is 0.105. The minimum atomic E-state index is -4.54. The number of halogens is 4. The molecule has 0 bridgehead atoms. The smallest absolute Gasteiger partial charge is 0.416 e. The molecule has 1 N–H and O–H groups in total. The highest BCUT2D eigenvalue weighted by Crippen LogP contribution is 2.38. The van der Waals surface area contributed by atoms with Crippen molar-refractivity contribution in [2.24, 2.45) is 0 Å². The lowest BCUT2D eigenvalue weighted by atomic mass is 10.2. The molecule has 154 valence electrons. The van der Waals surface area contributed by atoms with Crippen molar-refractivity contribution in [2.75, 3.05) is 10.2 Å². The summed E-state index contributed by atoms with van der Waals surface area (Å²) in [6.07, 6.45) is -4.63. The number of amides is 2. The minimum Gasteiger partial charge on any atom is -0.435 e. The van der Waals surface area contributed by atoms with Crippen LogP contribution >= 0.6 is 11.6 Å².